The van der Waals surface area contributed by atoms with E-state index >= 15 is 0 Å². The summed E-state index contributed by atoms with van der Waals surface area (Å²) in [4.78, 5) is 24.6. The molecule has 0 heterocycles. The zero-order valence-electron chi connectivity index (χ0n) is 12.6. The van der Waals surface area contributed by atoms with Gasteiger partial charge in [-0.15, -0.1) is 6.42 Å². The summed E-state index contributed by atoms with van der Waals surface area (Å²) in [5, 5.41) is 11.1. The van der Waals surface area contributed by atoms with E-state index in [1.165, 1.54) is 5.48 Å². The highest BCUT2D eigenvalue weighted by Gasteiger charge is 2.06. The van der Waals surface area contributed by atoms with Gasteiger partial charge < -0.3 is 5.32 Å². The fourth-order valence-corrected chi connectivity index (χ4v) is 1.96. The minimum Gasteiger partial charge on any atom is -0.326 e. The van der Waals surface area contributed by atoms with E-state index in [1.807, 2.05) is 36.2 Å². The third kappa shape index (κ3) is 6.88. The van der Waals surface area contributed by atoms with Gasteiger partial charge >= 0.3 is 0 Å². The van der Waals surface area contributed by atoms with Crippen LogP contribution in [-0.4, -0.2) is 35.5 Å². The van der Waals surface area contributed by atoms with E-state index in [1.54, 1.807) is 0 Å². The van der Waals surface area contributed by atoms with E-state index in [0.717, 1.165) is 5.56 Å². The highest BCUT2D eigenvalue weighted by atomic mass is 16.5. The van der Waals surface area contributed by atoms with Crippen LogP contribution in [0.5, 0.6) is 0 Å². The Labute approximate surface area is 130 Å². The summed E-state index contributed by atoms with van der Waals surface area (Å²) in [7, 11) is 1.93. The minimum atomic E-state index is -0.494. The standard InChI is InChI=1S/C16H21N3O3/c1-3-10-19(2)12-13-6-4-7-14(11-13)17-15(20)8-5-9-16(21)18-22/h1,4,6-7,11,22H,5,8-10,12H2,2H3,(H,17,20)(H,18,21). The van der Waals surface area contributed by atoms with Gasteiger partial charge in [-0.1, -0.05) is 18.1 Å². The molecular formula is C16H21N3O3. The molecule has 0 atom stereocenters. The van der Waals surface area contributed by atoms with Gasteiger partial charge in [0.25, 0.3) is 0 Å². The molecule has 3 N–H and O–H groups in total. The van der Waals surface area contributed by atoms with Crippen molar-refractivity contribution in [3.8, 4) is 12.3 Å². The number of rotatable bonds is 8. The van der Waals surface area contributed by atoms with E-state index < -0.39 is 5.91 Å². The second kappa shape index (κ2) is 9.55. The quantitative estimate of drug-likeness (QED) is 0.385. The summed E-state index contributed by atoms with van der Waals surface area (Å²) in [5.41, 5.74) is 3.30. The number of amides is 2. The summed E-state index contributed by atoms with van der Waals surface area (Å²) in [6.07, 6.45) is 5.97. The lowest BCUT2D eigenvalue weighted by Crippen LogP contribution is -2.19. The van der Waals surface area contributed by atoms with E-state index in [-0.39, 0.29) is 18.7 Å². The van der Waals surface area contributed by atoms with Crippen LogP contribution in [0, 0.1) is 12.3 Å². The van der Waals surface area contributed by atoms with Crippen molar-refractivity contribution < 1.29 is 14.8 Å². The van der Waals surface area contributed by atoms with Crippen LogP contribution in [0.1, 0.15) is 24.8 Å². The van der Waals surface area contributed by atoms with Gasteiger partial charge in [0.2, 0.25) is 11.8 Å². The summed E-state index contributed by atoms with van der Waals surface area (Å²) < 4.78 is 0. The Morgan fingerprint density at radius 2 is 2.05 bits per heavy atom. The lowest BCUT2D eigenvalue weighted by molar-refractivity contribution is -0.129. The Morgan fingerprint density at radius 3 is 2.73 bits per heavy atom. The first-order chi connectivity index (χ1) is 10.5. The molecule has 0 bridgehead atoms. The molecular weight excluding hydrogens is 282 g/mol. The van der Waals surface area contributed by atoms with Gasteiger partial charge in [-0.05, 0) is 31.2 Å². The smallest absolute Gasteiger partial charge is 0.243 e. The topological polar surface area (TPSA) is 81.7 Å². The first kappa shape index (κ1) is 17.7. The maximum Gasteiger partial charge on any atom is 0.243 e. The Hall–Kier alpha value is -2.36. The van der Waals surface area contributed by atoms with Crippen molar-refractivity contribution >= 4 is 17.5 Å². The summed E-state index contributed by atoms with van der Waals surface area (Å²) in [5.74, 6) is 1.92. The molecule has 6 nitrogen and oxygen atoms in total. The van der Waals surface area contributed by atoms with E-state index in [9.17, 15) is 9.59 Å². The summed E-state index contributed by atoms with van der Waals surface area (Å²) in [6.45, 7) is 1.26. The van der Waals surface area contributed by atoms with Gasteiger partial charge in [-0.25, -0.2) is 5.48 Å². The molecule has 0 saturated heterocycles. The van der Waals surface area contributed by atoms with E-state index in [0.29, 0.717) is 25.2 Å². The molecule has 6 heteroatoms. The van der Waals surface area contributed by atoms with Crippen LogP contribution >= 0.6 is 0 Å². The van der Waals surface area contributed by atoms with Gasteiger partial charge in [0.1, 0.15) is 0 Å². The van der Waals surface area contributed by atoms with Crippen LogP contribution in [0.15, 0.2) is 24.3 Å². The third-order valence-corrected chi connectivity index (χ3v) is 2.96. The molecule has 1 aromatic carbocycles. The van der Waals surface area contributed by atoms with Crippen LogP contribution in [0.25, 0.3) is 0 Å². The van der Waals surface area contributed by atoms with Crippen molar-refractivity contribution in [1.29, 1.82) is 0 Å². The minimum absolute atomic E-state index is 0.112. The first-order valence-electron chi connectivity index (χ1n) is 6.99. The number of nitrogens with one attached hydrogen (secondary N) is 2. The van der Waals surface area contributed by atoms with Gasteiger partial charge in [0.05, 0.1) is 6.54 Å². The van der Waals surface area contributed by atoms with Crippen molar-refractivity contribution in [2.24, 2.45) is 0 Å². The zero-order chi connectivity index (χ0) is 16.4. The molecule has 0 saturated carbocycles. The molecule has 2 amide bonds. The van der Waals surface area contributed by atoms with Gasteiger partial charge in [-0.3, -0.25) is 19.7 Å². The lowest BCUT2D eigenvalue weighted by atomic mass is 10.1. The van der Waals surface area contributed by atoms with Crippen LogP contribution < -0.4 is 10.8 Å². The third-order valence-electron chi connectivity index (χ3n) is 2.96. The van der Waals surface area contributed by atoms with Crippen molar-refractivity contribution in [3.05, 3.63) is 29.8 Å². The van der Waals surface area contributed by atoms with Gasteiger partial charge in [0.15, 0.2) is 0 Å². The maximum atomic E-state index is 11.8. The number of hydrogen-bond acceptors (Lipinski definition) is 4. The van der Waals surface area contributed by atoms with Crippen molar-refractivity contribution in [1.82, 2.24) is 10.4 Å². The Bertz CT molecular complexity index is 552. The van der Waals surface area contributed by atoms with Gasteiger partial charge in [0, 0.05) is 25.1 Å². The number of anilines is 1. The van der Waals surface area contributed by atoms with Gasteiger partial charge in [-0.2, -0.15) is 0 Å². The number of terminal acetylenes is 1. The first-order valence-corrected chi connectivity index (χ1v) is 6.99. The molecule has 118 valence electrons. The fraction of sp³-hybridized carbons (Fsp3) is 0.375. The van der Waals surface area contributed by atoms with E-state index in [4.69, 9.17) is 11.6 Å². The zero-order valence-corrected chi connectivity index (χ0v) is 12.6. The molecule has 1 aromatic rings. The lowest BCUT2D eigenvalue weighted by Gasteiger charge is -2.14. The van der Waals surface area contributed by atoms with E-state index in [2.05, 4.69) is 11.2 Å². The van der Waals surface area contributed by atoms with Crippen molar-refractivity contribution in [3.63, 3.8) is 0 Å². The SMILES string of the molecule is C#CCN(C)Cc1cccc(NC(=O)CCCC(=O)NO)c1. The second-order valence-electron chi connectivity index (χ2n) is 5.01. The predicted molar refractivity (Wildman–Crippen MR) is 84.0 cm³/mol. The Balaban J connectivity index is 2.47. The number of carbonyl (C=O) groups is 2. The van der Waals surface area contributed by atoms with Crippen LogP contribution in [0.3, 0.4) is 0 Å². The predicted octanol–water partition coefficient (Wildman–Crippen LogP) is 1.37. The molecule has 0 aliphatic carbocycles. The highest BCUT2D eigenvalue weighted by Crippen LogP contribution is 2.13. The largest absolute Gasteiger partial charge is 0.326 e. The highest BCUT2D eigenvalue weighted by molar-refractivity contribution is 5.91. The summed E-state index contributed by atoms with van der Waals surface area (Å²) in [6, 6.07) is 7.54. The Morgan fingerprint density at radius 1 is 1.32 bits per heavy atom. The number of carbonyl (C=O) groups excluding carboxylic acids is 2. The molecule has 22 heavy (non-hydrogen) atoms. The van der Waals surface area contributed by atoms with Crippen LogP contribution in [0.2, 0.25) is 0 Å². The van der Waals surface area contributed by atoms with Crippen molar-refractivity contribution in [2.45, 2.75) is 25.8 Å². The number of hydrogen-bond donors (Lipinski definition) is 3. The number of hydroxylamine groups is 1. The molecule has 0 unspecified atom stereocenters. The number of nitrogens with zero attached hydrogens (tertiary/aromatic N) is 1. The molecule has 0 aromatic heterocycles. The van der Waals surface area contributed by atoms with Crippen LogP contribution in [0.4, 0.5) is 5.69 Å². The molecule has 0 aliphatic heterocycles. The monoisotopic (exact) mass is 303 g/mol. The fourth-order valence-electron chi connectivity index (χ4n) is 1.96. The molecule has 0 radical (unpaired) electrons. The maximum absolute atomic E-state index is 11.8. The normalized spacial score (nSPS) is 10.1. The molecule has 0 spiro atoms. The Kier molecular flexibility index (Phi) is 7.68. The number of benzene rings is 1. The molecule has 0 fully saturated rings. The second-order valence-corrected chi connectivity index (χ2v) is 5.01. The molecule has 0 aliphatic rings. The van der Waals surface area contributed by atoms with Crippen molar-refractivity contribution in [2.75, 3.05) is 18.9 Å². The van der Waals surface area contributed by atoms with Crippen LogP contribution in [-0.2, 0) is 16.1 Å². The summed E-state index contributed by atoms with van der Waals surface area (Å²) >= 11 is 0. The molecule has 1 rings (SSSR count). The average molecular weight is 303 g/mol. The average Bonchev–Trinajstić information content (AvgIpc) is 2.47.